The van der Waals surface area contributed by atoms with Crippen LogP contribution in [0, 0.1) is 0 Å². The van der Waals surface area contributed by atoms with E-state index in [4.69, 9.17) is 25.8 Å². The Morgan fingerprint density at radius 3 is 2.38 bits per heavy atom. The topological polar surface area (TPSA) is 94.2 Å². The van der Waals surface area contributed by atoms with Gasteiger partial charge in [0.15, 0.2) is 12.4 Å². The molecule has 1 saturated heterocycles. The number of anilines is 1. The van der Waals surface area contributed by atoms with Crippen molar-refractivity contribution in [2.24, 2.45) is 0 Å². The van der Waals surface area contributed by atoms with E-state index in [1.165, 1.54) is 28.6 Å². The summed E-state index contributed by atoms with van der Waals surface area (Å²) in [6.07, 6.45) is 0. The average molecular weight is 503 g/mol. The fourth-order valence-corrected chi connectivity index (χ4v) is 4.86. The molecule has 0 unspecified atom stereocenters. The van der Waals surface area contributed by atoms with Crippen LogP contribution in [0.5, 0.6) is 17.2 Å². The van der Waals surface area contributed by atoms with Crippen LogP contribution >= 0.6 is 11.6 Å². The molecule has 1 heterocycles. The van der Waals surface area contributed by atoms with Crippen LogP contribution in [-0.2, 0) is 19.6 Å². The predicted molar refractivity (Wildman–Crippen MR) is 128 cm³/mol. The Kier molecular flexibility index (Phi) is 7.69. The summed E-state index contributed by atoms with van der Waals surface area (Å²) in [5.41, 5.74) is 0.400. The quantitative estimate of drug-likeness (QED) is 0.497. The average Bonchev–Trinajstić information content (AvgIpc) is 2.86. The maximum absolute atomic E-state index is 12.7. The number of morpholine rings is 1. The summed E-state index contributed by atoms with van der Waals surface area (Å²) in [7, 11) is -3.59. The van der Waals surface area contributed by atoms with Crippen molar-refractivity contribution in [3.05, 3.63) is 77.8 Å². The second-order valence-electron chi connectivity index (χ2n) is 7.38. The van der Waals surface area contributed by atoms with Gasteiger partial charge in [-0.05, 0) is 54.6 Å². The van der Waals surface area contributed by atoms with Crippen molar-refractivity contribution in [3.8, 4) is 17.2 Å². The molecule has 0 spiro atoms. The highest BCUT2D eigenvalue weighted by molar-refractivity contribution is 7.89. The van der Waals surface area contributed by atoms with Crippen molar-refractivity contribution >= 4 is 33.2 Å². The number of ether oxygens (including phenoxy) is 3. The van der Waals surface area contributed by atoms with Crippen molar-refractivity contribution in [1.82, 2.24) is 4.31 Å². The molecule has 1 fully saturated rings. The van der Waals surface area contributed by atoms with Gasteiger partial charge in [-0.15, -0.1) is 0 Å². The molecule has 0 aromatic heterocycles. The number of carbonyl (C=O) groups excluding carboxylic acids is 1. The Balaban J connectivity index is 1.37. The molecule has 1 amide bonds. The van der Waals surface area contributed by atoms with Crippen LogP contribution in [0.25, 0.3) is 0 Å². The fourth-order valence-electron chi connectivity index (χ4n) is 3.28. The number of amides is 1. The van der Waals surface area contributed by atoms with Crippen LogP contribution < -0.4 is 14.8 Å². The lowest BCUT2D eigenvalue weighted by Crippen LogP contribution is -2.40. The van der Waals surface area contributed by atoms with E-state index in [2.05, 4.69) is 5.32 Å². The minimum atomic E-state index is -3.59. The van der Waals surface area contributed by atoms with E-state index < -0.39 is 15.9 Å². The Bertz CT molecular complexity index is 1230. The van der Waals surface area contributed by atoms with Crippen LogP contribution in [0.15, 0.2) is 77.7 Å². The Morgan fingerprint density at radius 2 is 1.68 bits per heavy atom. The van der Waals surface area contributed by atoms with Gasteiger partial charge < -0.3 is 19.5 Å². The molecule has 0 atom stereocenters. The number of halogens is 1. The van der Waals surface area contributed by atoms with Gasteiger partial charge in [-0.2, -0.15) is 4.31 Å². The number of benzene rings is 3. The van der Waals surface area contributed by atoms with Crippen LogP contribution in [0.1, 0.15) is 0 Å². The molecular formula is C24H23ClN2O6S. The van der Waals surface area contributed by atoms with Gasteiger partial charge in [0.1, 0.15) is 11.5 Å². The Labute approximate surface area is 203 Å². The number of para-hydroxylation sites is 1. The van der Waals surface area contributed by atoms with E-state index in [0.717, 1.165) is 0 Å². The highest BCUT2D eigenvalue weighted by Crippen LogP contribution is 2.32. The van der Waals surface area contributed by atoms with Crippen LogP contribution in [0.4, 0.5) is 5.69 Å². The molecule has 1 N–H and O–H groups in total. The number of hydrogen-bond acceptors (Lipinski definition) is 6. The van der Waals surface area contributed by atoms with Gasteiger partial charge in [-0.25, -0.2) is 8.42 Å². The zero-order chi connectivity index (χ0) is 24.0. The molecule has 3 aromatic rings. The second-order valence-corrected chi connectivity index (χ2v) is 9.75. The van der Waals surface area contributed by atoms with Crippen LogP contribution in [-0.4, -0.2) is 51.5 Å². The van der Waals surface area contributed by atoms with E-state index in [0.29, 0.717) is 54.3 Å². The van der Waals surface area contributed by atoms with Gasteiger partial charge >= 0.3 is 0 Å². The van der Waals surface area contributed by atoms with E-state index in [-0.39, 0.29) is 11.5 Å². The third-order valence-corrected chi connectivity index (χ3v) is 7.14. The molecule has 0 saturated carbocycles. The lowest BCUT2D eigenvalue weighted by molar-refractivity contribution is -0.118. The van der Waals surface area contributed by atoms with Crippen molar-refractivity contribution in [2.45, 2.75) is 4.90 Å². The Hall–Kier alpha value is -3.11. The Morgan fingerprint density at radius 1 is 0.971 bits per heavy atom. The summed E-state index contributed by atoms with van der Waals surface area (Å²) in [6, 6.07) is 20.0. The highest BCUT2D eigenvalue weighted by atomic mass is 35.5. The summed E-state index contributed by atoms with van der Waals surface area (Å²) in [5, 5.41) is 3.17. The third kappa shape index (κ3) is 6.06. The predicted octanol–water partition coefficient (Wildman–Crippen LogP) is 4.17. The first kappa shape index (κ1) is 24.0. The lowest BCUT2D eigenvalue weighted by atomic mass is 10.2. The minimum Gasteiger partial charge on any atom is -0.484 e. The number of rotatable bonds is 8. The van der Waals surface area contributed by atoms with Crippen LogP contribution in [0.3, 0.4) is 0 Å². The SMILES string of the molecule is O=C(COc1ccc(S(=O)(=O)N2CCOCC2)cc1)Nc1cc(Cl)ccc1Oc1ccccc1. The zero-order valence-electron chi connectivity index (χ0n) is 18.1. The van der Waals surface area contributed by atoms with Crippen molar-refractivity contribution in [1.29, 1.82) is 0 Å². The third-order valence-electron chi connectivity index (χ3n) is 4.99. The maximum Gasteiger partial charge on any atom is 0.262 e. The lowest BCUT2D eigenvalue weighted by Gasteiger charge is -2.26. The van der Waals surface area contributed by atoms with Gasteiger partial charge in [0.05, 0.1) is 23.8 Å². The highest BCUT2D eigenvalue weighted by Gasteiger charge is 2.26. The van der Waals surface area contributed by atoms with E-state index in [1.807, 2.05) is 18.2 Å². The van der Waals surface area contributed by atoms with Crippen molar-refractivity contribution in [3.63, 3.8) is 0 Å². The monoisotopic (exact) mass is 502 g/mol. The van der Waals surface area contributed by atoms with Gasteiger partial charge in [0, 0.05) is 18.1 Å². The molecule has 1 aliphatic rings. The summed E-state index contributed by atoms with van der Waals surface area (Å²) >= 11 is 6.09. The fraction of sp³-hybridized carbons (Fsp3) is 0.208. The summed E-state index contributed by atoms with van der Waals surface area (Å²) < 4.78 is 43.4. The number of hydrogen-bond donors (Lipinski definition) is 1. The smallest absolute Gasteiger partial charge is 0.262 e. The number of sulfonamides is 1. The first-order chi connectivity index (χ1) is 16.4. The van der Waals surface area contributed by atoms with Gasteiger partial charge in [-0.3, -0.25) is 4.79 Å². The number of nitrogens with zero attached hydrogens (tertiary/aromatic N) is 1. The molecular weight excluding hydrogens is 480 g/mol. The molecule has 4 rings (SSSR count). The molecule has 8 nitrogen and oxygen atoms in total. The number of carbonyl (C=O) groups is 1. The van der Waals surface area contributed by atoms with Gasteiger partial charge in [0.2, 0.25) is 10.0 Å². The van der Waals surface area contributed by atoms with Crippen molar-refractivity contribution in [2.75, 3.05) is 38.2 Å². The number of nitrogens with one attached hydrogen (secondary N) is 1. The van der Waals surface area contributed by atoms with Crippen molar-refractivity contribution < 1.29 is 27.4 Å². The molecule has 178 valence electrons. The van der Waals surface area contributed by atoms with Crippen LogP contribution in [0.2, 0.25) is 5.02 Å². The molecule has 1 aliphatic heterocycles. The van der Waals surface area contributed by atoms with Gasteiger partial charge in [-0.1, -0.05) is 29.8 Å². The molecule has 0 aliphatic carbocycles. The molecule has 3 aromatic carbocycles. The molecule has 0 bridgehead atoms. The van der Waals surface area contributed by atoms with Gasteiger partial charge in [0.25, 0.3) is 5.91 Å². The largest absolute Gasteiger partial charge is 0.484 e. The minimum absolute atomic E-state index is 0.160. The molecule has 10 heteroatoms. The summed E-state index contributed by atoms with van der Waals surface area (Å²) in [6.45, 7) is 1.11. The molecule has 34 heavy (non-hydrogen) atoms. The summed E-state index contributed by atoms with van der Waals surface area (Å²) in [4.78, 5) is 12.6. The molecule has 0 radical (unpaired) electrons. The zero-order valence-corrected chi connectivity index (χ0v) is 19.7. The standard InChI is InChI=1S/C24H23ClN2O6S/c25-18-6-11-23(33-20-4-2-1-3-5-20)22(16-18)26-24(28)17-32-19-7-9-21(10-8-19)34(29,30)27-12-14-31-15-13-27/h1-11,16H,12-15,17H2,(H,26,28). The van der Waals surface area contributed by atoms with E-state index in [1.54, 1.807) is 30.3 Å². The second kappa shape index (κ2) is 10.9. The maximum atomic E-state index is 12.7. The summed E-state index contributed by atoms with van der Waals surface area (Å²) in [5.74, 6) is 0.985. The first-order valence-electron chi connectivity index (χ1n) is 10.5. The van der Waals surface area contributed by atoms with E-state index in [9.17, 15) is 13.2 Å². The van der Waals surface area contributed by atoms with E-state index >= 15 is 0 Å². The normalized spacial score (nSPS) is 14.4. The first-order valence-corrected chi connectivity index (χ1v) is 12.4.